The summed E-state index contributed by atoms with van der Waals surface area (Å²) in [7, 11) is 0. The van der Waals surface area contributed by atoms with Crippen LogP contribution < -0.4 is 0 Å². The zero-order valence-corrected chi connectivity index (χ0v) is 26.0. The number of nitrogens with zero attached hydrogens (tertiary/aromatic N) is 1. The first-order chi connectivity index (χ1) is 22.8. The number of aromatic nitrogens is 1. The number of rotatable bonds is 3. The van der Waals surface area contributed by atoms with Crippen molar-refractivity contribution in [2.45, 2.75) is 12.8 Å². The third-order valence-corrected chi connectivity index (χ3v) is 11.1. The monoisotopic (exact) mass is 603 g/mol. The molecule has 0 radical (unpaired) electrons. The number of hydrogen-bond donors (Lipinski definition) is 0. The van der Waals surface area contributed by atoms with E-state index in [0.717, 1.165) is 12.8 Å². The van der Waals surface area contributed by atoms with Gasteiger partial charge >= 0.3 is 0 Å². The summed E-state index contributed by atoms with van der Waals surface area (Å²) >= 11 is 1.91. The predicted octanol–water partition coefficient (Wildman–Crippen LogP) is 12.9. The number of hydrogen-bond acceptors (Lipinski definition) is 1. The van der Waals surface area contributed by atoms with Crippen LogP contribution in [-0.2, 0) is 0 Å². The van der Waals surface area contributed by atoms with E-state index in [0.29, 0.717) is 0 Å². The van der Waals surface area contributed by atoms with E-state index in [4.69, 9.17) is 0 Å². The van der Waals surface area contributed by atoms with Crippen LogP contribution in [-0.4, -0.2) is 4.57 Å². The van der Waals surface area contributed by atoms with Gasteiger partial charge in [-0.1, -0.05) is 127 Å². The van der Waals surface area contributed by atoms with Crippen molar-refractivity contribution < 1.29 is 0 Å². The third-order valence-electron chi connectivity index (χ3n) is 9.92. The molecule has 2 heterocycles. The molecule has 0 bridgehead atoms. The molecule has 0 saturated carbocycles. The molecule has 7 aromatic carbocycles. The number of allylic oxidation sites excluding steroid dienone is 4. The Morgan fingerprint density at radius 2 is 0.935 bits per heavy atom. The second kappa shape index (κ2) is 10.0. The molecule has 0 saturated heterocycles. The first kappa shape index (κ1) is 25.8. The average molecular weight is 604 g/mol. The molecule has 0 N–H and O–H groups in total. The maximum Gasteiger partial charge on any atom is 0.0537 e. The Morgan fingerprint density at radius 1 is 0.413 bits per heavy atom. The van der Waals surface area contributed by atoms with Crippen molar-refractivity contribution in [2.24, 2.45) is 0 Å². The predicted molar refractivity (Wildman–Crippen MR) is 201 cm³/mol. The molecule has 2 heteroatoms. The smallest absolute Gasteiger partial charge is 0.0537 e. The second-order valence-electron chi connectivity index (χ2n) is 12.3. The van der Waals surface area contributed by atoms with E-state index >= 15 is 0 Å². The topological polar surface area (TPSA) is 4.93 Å². The number of thiophene rings is 1. The highest BCUT2D eigenvalue weighted by atomic mass is 32.1. The average Bonchev–Trinajstić information content (AvgIpc) is 3.67. The van der Waals surface area contributed by atoms with Crippen LogP contribution >= 0.6 is 11.3 Å². The minimum atomic E-state index is 0.986. The Kier molecular flexibility index (Phi) is 5.64. The lowest BCUT2D eigenvalue weighted by Crippen LogP contribution is -2.02. The van der Waals surface area contributed by atoms with Gasteiger partial charge in [0.15, 0.2) is 0 Å². The molecule has 46 heavy (non-hydrogen) atoms. The van der Waals surface area contributed by atoms with Gasteiger partial charge in [-0.15, -0.1) is 11.3 Å². The summed E-state index contributed by atoms with van der Waals surface area (Å²) < 4.78 is 5.18. The van der Waals surface area contributed by atoms with Crippen molar-refractivity contribution in [3.05, 3.63) is 157 Å². The Hall–Kier alpha value is -5.44. The van der Waals surface area contributed by atoms with Gasteiger partial charge in [-0.3, -0.25) is 0 Å². The van der Waals surface area contributed by atoms with Crippen LogP contribution in [0.15, 0.2) is 152 Å². The summed E-state index contributed by atoms with van der Waals surface area (Å²) in [6.45, 7) is 0. The van der Waals surface area contributed by atoms with E-state index < -0.39 is 0 Å². The van der Waals surface area contributed by atoms with Gasteiger partial charge in [0.2, 0.25) is 0 Å². The molecule has 1 aliphatic carbocycles. The lowest BCUT2D eigenvalue weighted by atomic mass is 9.83. The molecule has 2 aromatic heterocycles. The van der Waals surface area contributed by atoms with Crippen LogP contribution in [0.1, 0.15) is 18.4 Å². The van der Waals surface area contributed by atoms with Crippen molar-refractivity contribution >= 4 is 86.1 Å². The van der Waals surface area contributed by atoms with E-state index in [1.807, 2.05) is 11.3 Å². The van der Waals surface area contributed by atoms with E-state index in [-0.39, 0.29) is 0 Å². The maximum absolute atomic E-state index is 2.48. The van der Waals surface area contributed by atoms with Crippen LogP contribution in [0.5, 0.6) is 0 Å². The van der Waals surface area contributed by atoms with Gasteiger partial charge in [-0.25, -0.2) is 0 Å². The lowest BCUT2D eigenvalue weighted by molar-refractivity contribution is 0.994. The Labute approximate surface area is 270 Å². The Bertz CT molecular complexity index is 2640. The van der Waals surface area contributed by atoms with Crippen molar-refractivity contribution in [1.29, 1.82) is 0 Å². The fourth-order valence-corrected chi connectivity index (χ4v) is 9.18. The van der Waals surface area contributed by atoms with Gasteiger partial charge in [0.05, 0.1) is 11.0 Å². The van der Waals surface area contributed by atoms with Crippen LogP contribution in [0.4, 0.5) is 0 Å². The van der Waals surface area contributed by atoms with Gasteiger partial charge < -0.3 is 4.57 Å². The third kappa shape index (κ3) is 3.68. The Balaban J connectivity index is 1.21. The summed E-state index contributed by atoms with van der Waals surface area (Å²) in [5.74, 6) is 0. The molecule has 0 unspecified atom stereocenters. The van der Waals surface area contributed by atoms with Crippen LogP contribution in [0, 0.1) is 0 Å². The van der Waals surface area contributed by atoms with E-state index in [1.165, 1.54) is 91.5 Å². The minimum absolute atomic E-state index is 0.986. The first-order valence-electron chi connectivity index (χ1n) is 16.1. The zero-order valence-electron chi connectivity index (χ0n) is 25.2. The number of benzene rings is 7. The highest BCUT2D eigenvalue weighted by molar-refractivity contribution is 7.26. The highest BCUT2D eigenvalue weighted by Gasteiger charge is 2.22. The fourth-order valence-electron chi connectivity index (χ4n) is 7.96. The molecule has 0 fully saturated rings. The zero-order chi connectivity index (χ0) is 30.2. The van der Waals surface area contributed by atoms with Gasteiger partial charge in [0.25, 0.3) is 0 Å². The Morgan fingerprint density at radius 3 is 1.54 bits per heavy atom. The van der Waals surface area contributed by atoms with Gasteiger partial charge in [-0.05, 0) is 75.4 Å². The van der Waals surface area contributed by atoms with Crippen molar-refractivity contribution in [1.82, 2.24) is 4.57 Å². The molecular weight excluding hydrogens is 575 g/mol. The summed E-state index contributed by atoms with van der Waals surface area (Å²) in [4.78, 5) is 0. The largest absolute Gasteiger partial charge is 0.313 e. The molecule has 0 spiro atoms. The standard InChI is InChI=1S/C44H29NS/c1-3-17-35-33(15-1)42(28-24-26-29(27-25-28)45-39-21-8-5-12-30(39)31-13-6-9-22-40(31)45)34-16-2-4-18-36(34)43(35)38-20-11-19-37-32-14-7-10-23-41(32)46-44(37)38/h1-24,26H,25,27H2. The molecule has 1 nitrogen and oxygen atoms in total. The molecule has 0 atom stereocenters. The van der Waals surface area contributed by atoms with Gasteiger partial charge in [0.1, 0.15) is 0 Å². The molecule has 9 aromatic rings. The lowest BCUT2D eigenvalue weighted by Gasteiger charge is -2.22. The summed E-state index contributed by atoms with van der Waals surface area (Å²) in [6, 6.07) is 51.4. The summed E-state index contributed by atoms with van der Waals surface area (Å²) in [5.41, 5.74) is 9.35. The SMILES string of the molecule is C1=C(c2c3ccccc3c(-c3cccc4c3sc3ccccc34)c3ccccc23)CCC(n2c3ccccc3c3ccccc32)=C1. The maximum atomic E-state index is 2.48. The molecule has 10 rings (SSSR count). The highest BCUT2D eigenvalue weighted by Crippen LogP contribution is 2.48. The molecule has 0 amide bonds. The number of fused-ring (bicyclic) bond motifs is 8. The van der Waals surface area contributed by atoms with Crippen molar-refractivity contribution in [2.75, 3.05) is 0 Å². The second-order valence-corrected chi connectivity index (χ2v) is 13.4. The van der Waals surface area contributed by atoms with E-state index in [2.05, 4.69) is 156 Å². The van der Waals surface area contributed by atoms with Gasteiger partial charge in [-0.2, -0.15) is 0 Å². The molecule has 0 aliphatic heterocycles. The van der Waals surface area contributed by atoms with Gasteiger partial charge in [0, 0.05) is 42.2 Å². The molecular formula is C44H29NS. The van der Waals surface area contributed by atoms with E-state index in [9.17, 15) is 0 Å². The van der Waals surface area contributed by atoms with Crippen LogP contribution in [0.25, 0.3) is 85.9 Å². The first-order valence-corrected chi connectivity index (χ1v) is 16.9. The van der Waals surface area contributed by atoms with Crippen molar-refractivity contribution in [3.63, 3.8) is 0 Å². The minimum Gasteiger partial charge on any atom is -0.313 e. The van der Waals surface area contributed by atoms with Crippen LogP contribution in [0.3, 0.4) is 0 Å². The summed E-state index contributed by atoms with van der Waals surface area (Å²) in [6.07, 6.45) is 6.74. The molecule has 1 aliphatic rings. The molecule has 216 valence electrons. The number of para-hydroxylation sites is 2. The van der Waals surface area contributed by atoms with E-state index in [1.54, 1.807) is 0 Å². The van der Waals surface area contributed by atoms with Crippen LogP contribution in [0.2, 0.25) is 0 Å². The fraction of sp³-hybridized carbons (Fsp3) is 0.0455. The van der Waals surface area contributed by atoms with Crippen molar-refractivity contribution in [3.8, 4) is 11.1 Å². The normalized spacial score (nSPS) is 13.7. The summed E-state index contributed by atoms with van der Waals surface area (Å²) in [5, 5.41) is 10.6. The quantitative estimate of drug-likeness (QED) is 0.177.